The molecule has 2 heterocycles. The molecule has 1 saturated heterocycles. The van der Waals surface area contributed by atoms with Crippen LogP contribution in [0.2, 0.25) is 0 Å². The maximum atomic E-state index is 13.3. The molecular formula is C31H33N3O5S. The van der Waals surface area contributed by atoms with Gasteiger partial charge in [-0.15, -0.1) is 0 Å². The van der Waals surface area contributed by atoms with Crippen molar-refractivity contribution >= 4 is 33.6 Å². The van der Waals surface area contributed by atoms with Crippen molar-refractivity contribution in [2.75, 3.05) is 11.5 Å². The van der Waals surface area contributed by atoms with Crippen LogP contribution in [0.3, 0.4) is 0 Å². The van der Waals surface area contributed by atoms with E-state index in [0.717, 1.165) is 41.3 Å². The van der Waals surface area contributed by atoms with E-state index >= 15 is 0 Å². The van der Waals surface area contributed by atoms with Gasteiger partial charge in [-0.05, 0) is 67.3 Å². The lowest BCUT2D eigenvalue weighted by atomic mass is 9.80. The van der Waals surface area contributed by atoms with Crippen LogP contribution < -0.4 is 10.6 Å². The summed E-state index contributed by atoms with van der Waals surface area (Å²) in [5, 5.41) is 27.1. The molecule has 0 unspecified atom stereocenters. The number of hydrogen-bond donors (Lipinski definition) is 3. The van der Waals surface area contributed by atoms with Crippen LogP contribution in [0, 0.1) is 11.3 Å². The summed E-state index contributed by atoms with van der Waals surface area (Å²) in [4.78, 5) is 26.6. The minimum absolute atomic E-state index is 0.138. The van der Waals surface area contributed by atoms with Crippen molar-refractivity contribution in [3.63, 3.8) is 0 Å². The third kappa shape index (κ3) is 5.06. The molecule has 2 aromatic carbocycles. The second-order valence-corrected chi connectivity index (χ2v) is 13.3. The summed E-state index contributed by atoms with van der Waals surface area (Å²) >= 11 is 0. The number of rotatable bonds is 6. The fourth-order valence-electron chi connectivity index (χ4n) is 5.95. The maximum absolute atomic E-state index is 13.3. The number of fused-ring (bicyclic) bond motifs is 1. The van der Waals surface area contributed by atoms with Gasteiger partial charge in [-0.1, -0.05) is 55.7 Å². The summed E-state index contributed by atoms with van der Waals surface area (Å²) in [6, 6.07) is 17.4. The number of carbonyl (C=O) groups excluding carboxylic acids is 2. The zero-order chi connectivity index (χ0) is 28.0. The number of hydrogen-bond acceptors (Lipinski definition) is 6. The highest BCUT2D eigenvalue weighted by Gasteiger charge is 2.50. The molecule has 0 bridgehead atoms. The molecule has 6 rings (SSSR count). The second-order valence-electron chi connectivity index (χ2n) is 11.6. The number of furan rings is 1. The SMILES string of the molecule is N#CC1(NC(=O)C2(NC(=O)c3cc4ccc(-c5ccc(C6(O)CCS(=O)CC6)cc5)cc4o3)CCCCC2)CC1. The minimum atomic E-state index is -1.05. The van der Waals surface area contributed by atoms with Gasteiger partial charge in [-0.2, -0.15) is 5.26 Å². The van der Waals surface area contributed by atoms with E-state index in [0.29, 0.717) is 55.6 Å². The summed E-state index contributed by atoms with van der Waals surface area (Å²) in [7, 11) is -0.850. The van der Waals surface area contributed by atoms with Gasteiger partial charge < -0.3 is 20.2 Å². The van der Waals surface area contributed by atoms with Crippen molar-refractivity contribution in [2.45, 2.75) is 74.5 Å². The van der Waals surface area contributed by atoms with Crippen molar-refractivity contribution in [1.29, 1.82) is 5.26 Å². The fourth-order valence-corrected chi connectivity index (χ4v) is 7.28. The number of carbonyl (C=O) groups is 2. The molecule has 0 spiro atoms. The van der Waals surface area contributed by atoms with Gasteiger partial charge in [0.25, 0.3) is 5.91 Å². The molecule has 3 aliphatic rings. The standard InChI is InChI=1S/C31H33N3O5S/c32-20-29(12-13-29)34-28(36)30(10-2-1-3-11-30)33-27(35)26-19-23-5-4-22(18-25(23)39-26)21-6-8-24(9-7-21)31(37)14-16-40(38)17-15-31/h4-9,18-19,37H,1-3,10-17H2,(H,33,35)(H,34,36). The van der Waals surface area contributed by atoms with Gasteiger partial charge in [0.2, 0.25) is 5.91 Å². The molecule has 2 saturated carbocycles. The van der Waals surface area contributed by atoms with Crippen LogP contribution in [-0.4, -0.2) is 43.7 Å². The zero-order valence-electron chi connectivity index (χ0n) is 22.3. The van der Waals surface area contributed by atoms with Gasteiger partial charge in [-0.3, -0.25) is 13.8 Å². The Morgan fingerprint density at radius 3 is 2.20 bits per heavy atom. The molecular weight excluding hydrogens is 526 g/mol. The first-order valence-electron chi connectivity index (χ1n) is 14.0. The Morgan fingerprint density at radius 2 is 1.55 bits per heavy atom. The fraction of sp³-hybridized carbons (Fsp3) is 0.452. The number of nitrogens with zero attached hydrogens (tertiary/aromatic N) is 1. The van der Waals surface area contributed by atoms with Crippen LogP contribution in [0.4, 0.5) is 0 Å². The quantitative estimate of drug-likeness (QED) is 0.409. The van der Waals surface area contributed by atoms with Gasteiger partial charge in [0.05, 0.1) is 11.7 Å². The van der Waals surface area contributed by atoms with Crippen molar-refractivity contribution in [1.82, 2.24) is 10.6 Å². The molecule has 0 radical (unpaired) electrons. The first kappa shape index (κ1) is 26.7. The van der Waals surface area contributed by atoms with E-state index in [2.05, 4.69) is 16.7 Å². The first-order chi connectivity index (χ1) is 19.2. The Morgan fingerprint density at radius 1 is 0.875 bits per heavy atom. The molecule has 2 amide bonds. The predicted octanol–water partition coefficient (Wildman–Crippen LogP) is 4.43. The lowest BCUT2D eigenvalue weighted by Crippen LogP contribution is -2.61. The monoisotopic (exact) mass is 559 g/mol. The molecule has 1 aromatic heterocycles. The third-order valence-electron chi connectivity index (χ3n) is 8.80. The highest BCUT2D eigenvalue weighted by atomic mass is 32.2. The van der Waals surface area contributed by atoms with Gasteiger partial charge in [0, 0.05) is 27.7 Å². The van der Waals surface area contributed by atoms with Gasteiger partial charge >= 0.3 is 0 Å². The van der Waals surface area contributed by atoms with Gasteiger partial charge in [0.1, 0.15) is 16.7 Å². The van der Waals surface area contributed by atoms with Crippen molar-refractivity contribution in [3.05, 3.63) is 59.9 Å². The van der Waals surface area contributed by atoms with Crippen LogP contribution in [0.15, 0.2) is 52.9 Å². The van der Waals surface area contributed by atoms with Crippen molar-refractivity contribution < 1.29 is 23.3 Å². The van der Waals surface area contributed by atoms with E-state index in [-0.39, 0.29) is 11.7 Å². The summed E-state index contributed by atoms with van der Waals surface area (Å²) in [6.45, 7) is 0. The van der Waals surface area contributed by atoms with E-state index in [4.69, 9.17) is 4.42 Å². The Labute approximate surface area is 235 Å². The van der Waals surface area contributed by atoms with Crippen molar-refractivity contribution in [2.24, 2.45) is 0 Å². The van der Waals surface area contributed by atoms with Crippen LogP contribution >= 0.6 is 0 Å². The topological polar surface area (TPSA) is 132 Å². The van der Waals surface area contributed by atoms with Gasteiger partial charge in [0.15, 0.2) is 5.76 Å². The van der Waals surface area contributed by atoms with Crippen LogP contribution in [0.5, 0.6) is 0 Å². The molecule has 3 fully saturated rings. The third-order valence-corrected chi connectivity index (χ3v) is 10.1. The average molecular weight is 560 g/mol. The summed E-state index contributed by atoms with van der Waals surface area (Å²) in [5.41, 5.74) is 0.449. The Balaban J connectivity index is 1.20. The number of benzene rings is 2. The Bertz CT molecular complexity index is 1520. The van der Waals surface area contributed by atoms with Crippen LogP contribution in [-0.2, 0) is 21.2 Å². The van der Waals surface area contributed by atoms with Crippen molar-refractivity contribution in [3.8, 4) is 17.2 Å². The molecule has 9 heteroatoms. The summed E-state index contributed by atoms with van der Waals surface area (Å²) < 4.78 is 17.7. The normalized spacial score (nSPS) is 25.1. The van der Waals surface area contributed by atoms with E-state index in [1.165, 1.54) is 0 Å². The molecule has 40 heavy (non-hydrogen) atoms. The molecule has 2 aliphatic carbocycles. The van der Waals surface area contributed by atoms with E-state index in [9.17, 15) is 24.2 Å². The minimum Gasteiger partial charge on any atom is -0.451 e. The van der Waals surface area contributed by atoms with Gasteiger partial charge in [-0.25, -0.2) is 0 Å². The highest BCUT2D eigenvalue weighted by Crippen LogP contribution is 2.38. The lowest BCUT2D eigenvalue weighted by Gasteiger charge is -2.37. The molecule has 0 atom stereocenters. The molecule has 3 N–H and O–H groups in total. The number of nitrogens with one attached hydrogen (secondary N) is 2. The average Bonchev–Trinajstić information content (AvgIpc) is 3.61. The number of aliphatic hydroxyl groups is 1. The molecule has 8 nitrogen and oxygen atoms in total. The molecule has 1 aliphatic heterocycles. The summed E-state index contributed by atoms with van der Waals surface area (Å²) in [5.74, 6) is 0.430. The van der Waals surface area contributed by atoms with E-state index in [1.54, 1.807) is 6.07 Å². The first-order valence-corrected chi connectivity index (χ1v) is 15.5. The lowest BCUT2D eigenvalue weighted by molar-refractivity contribution is -0.129. The summed E-state index contributed by atoms with van der Waals surface area (Å²) in [6.07, 6.45) is 5.96. The van der Waals surface area contributed by atoms with Crippen LogP contribution in [0.25, 0.3) is 22.1 Å². The second kappa shape index (κ2) is 10.2. The van der Waals surface area contributed by atoms with Crippen LogP contribution in [0.1, 0.15) is 73.9 Å². The maximum Gasteiger partial charge on any atom is 0.287 e. The number of amides is 2. The van der Waals surface area contributed by atoms with E-state index < -0.39 is 33.4 Å². The Hall–Kier alpha value is -3.48. The molecule has 208 valence electrons. The van der Waals surface area contributed by atoms with E-state index in [1.807, 2.05) is 42.5 Å². The Kier molecular flexibility index (Phi) is 6.79. The number of nitriles is 1. The highest BCUT2D eigenvalue weighted by molar-refractivity contribution is 7.85. The predicted molar refractivity (Wildman–Crippen MR) is 152 cm³/mol. The smallest absolute Gasteiger partial charge is 0.287 e. The largest absolute Gasteiger partial charge is 0.451 e. The zero-order valence-corrected chi connectivity index (χ0v) is 23.1. The molecule has 3 aromatic rings.